The van der Waals surface area contributed by atoms with Crippen molar-refractivity contribution >= 4 is 0 Å². The van der Waals surface area contributed by atoms with E-state index >= 15 is 0 Å². The molecule has 0 atom stereocenters. The van der Waals surface area contributed by atoms with Crippen molar-refractivity contribution in [3.05, 3.63) is 41.8 Å². The summed E-state index contributed by atoms with van der Waals surface area (Å²) in [4.78, 5) is 4.18. The van der Waals surface area contributed by atoms with Crippen LogP contribution in [0.5, 0.6) is 0 Å². The van der Waals surface area contributed by atoms with E-state index in [1.54, 1.807) is 12.5 Å². The van der Waals surface area contributed by atoms with Gasteiger partial charge in [-0.25, -0.2) is 4.98 Å². The molecule has 2 nitrogen and oxygen atoms in total. The van der Waals surface area contributed by atoms with Crippen molar-refractivity contribution < 1.29 is 4.42 Å². The van der Waals surface area contributed by atoms with Gasteiger partial charge in [0, 0.05) is 5.56 Å². The van der Waals surface area contributed by atoms with E-state index in [1.165, 1.54) is 11.1 Å². The zero-order chi connectivity index (χ0) is 11.8. The van der Waals surface area contributed by atoms with Crippen LogP contribution in [0.1, 0.15) is 31.9 Å². The average molecular weight is 215 g/mol. The Balaban J connectivity index is 2.53. The first-order valence-electron chi connectivity index (χ1n) is 5.49. The Bertz CT molecular complexity index is 478. The normalized spacial score (nSPS) is 11.8. The van der Waals surface area contributed by atoms with Gasteiger partial charge in [-0.2, -0.15) is 0 Å². The summed E-state index contributed by atoms with van der Waals surface area (Å²) in [5, 5.41) is 0. The molecule has 2 aromatic rings. The van der Waals surface area contributed by atoms with Crippen molar-refractivity contribution in [1.29, 1.82) is 0 Å². The van der Waals surface area contributed by atoms with Gasteiger partial charge < -0.3 is 4.42 Å². The molecule has 1 heterocycles. The lowest BCUT2D eigenvalue weighted by molar-refractivity contribution is 0.571. The molecular weight excluding hydrogens is 198 g/mol. The van der Waals surface area contributed by atoms with E-state index in [9.17, 15) is 0 Å². The third-order valence-corrected chi connectivity index (χ3v) is 2.62. The predicted molar refractivity (Wildman–Crippen MR) is 65.4 cm³/mol. The molecule has 0 saturated carbocycles. The highest BCUT2D eigenvalue weighted by molar-refractivity contribution is 5.56. The van der Waals surface area contributed by atoms with Gasteiger partial charge in [-0.1, -0.05) is 32.4 Å². The fourth-order valence-corrected chi connectivity index (χ4v) is 1.71. The summed E-state index contributed by atoms with van der Waals surface area (Å²) in [6.45, 7) is 8.73. The highest BCUT2D eigenvalue weighted by atomic mass is 16.3. The molecule has 0 amide bonds. The number of nitrogens with zero attached hydrogens (tertiary/aromatic N) is 1. The molecule has 0 saturated heterocycles. The minimum absolute atomic E-state index is 0.146. The van der Waals surface area contributed by atoms with E-state index in [0.717, 1.165) is 5.56 Å². The quantitative estimate of drug-likeness (QED) is 0.720. The number of benzene rings is 1. The summed E-state index contributed by atoms with van der Waals surface area (Å²) in [5.41, 5.74) is 3.74. The zero-order valence-electron chi connectivity index (χ0n) is 10.2. The second-order valence-corrected chi connectivity index (χ2v) is 5.17. The van der Waals surface area contributed by atoms with Gasteiger partial charge in [0.05, 0.1) is 6.20 Å². The smallest absolute Gasteiger partial charge is 0.225 e. The van der Waals surface area contributed by atoms with Gasteiger partial charge in [-0.15, -0.1) is 0 Å². The van der Waals surface area contributed by atoms with E-state index in [0.29, 0.717) is 5.89 Å². The van der Waals surface area contributed by atoms with Gasteiger partial charge in [0.2, 0.25) is 5.89 Å². The van der Waals surface area contributed by atoms with Crippen molar-refractivity contribution in [3.63, 3.8) is 0 Å². The molecule has 0 aliphatic rings. The summed E-state index contributed by atoms with van der Waals surface area (Å²) in [6.07, 6.45) is 3.28. The molecule has 0 spiro atoms. The van der Waals surface area contributed by atoms with E-state index < -0.39 is 0 Å². The van der Waals surface area contributed by atoms with Crippen molar-refractivity contribution in [1.82, 2.24) is 4.98 Å². The van der Waals surface area contributed by atoms with Crippen LogP contribution in [0.2, 0.25) is 0 Å². The standard InChI is InChI=1S/C14H17NO/c1-10-7-11(13-15-5-6-16-13)9-12(8-10)14(2,3)4/h5-9H,1-4H3. The average Bonchev–Trinajstić information content (AvgIpc) is 2.68. The molecule has 0 unspecified atom stereocenters. The molecule has 0 bridgehead atoms. The highest BCUT2D eigenvalue weighted by Crippen LogP contribution is 2.28. The van der Waals surface area contributed by atoms with Crippen molar-refractivity contribution in [3.8, 4) is 11.5 Å². The molecule has 0 radical (unpaired) electrons. The maximum atomic E-state index is 5.33. The molecule has 2 rings (SSSR count). The second-order valence-electron chi connectivity index (χ2n) is 5.17. The molecule has 0 aliphatic carbocycles. The third-order valence-electron chi connectivity index (χ3n) is 2.62. The first-order valence-corrected chi connectivity index (χ1v) is 5.49. The van der Waals surface area contributed by atoms with Crippen LogP contribution in [0.25, 0.3) is 11.5 Å². The Labute approximate surface area is 96.3 Å². The molecule has 16 heavy (non-hydrogen) atoms. The lowest BCUT2D eigenvalue weighted by Gasteiger charge is -2.20. The number of oxazole rings is 1. The number of rotatable bonds is 1. The number of hydrogen-bond acceptors (Lipinski definition) is 2. The number of aromatic nitrogens is 1. The first-order chi connectivity index (χ1) is 7.47. The lowest BCUT2D eigenvalue weighted by atomic mass is 9.85. The summed E-state index contributed by atoms with van der Waals surface area (Å²) in [6, 6.07) is 6.46. The van der Waals surface area contributed by atoms with Crippen LogP contribution >= 0.6 is 0 Å². The van der Waals surface area contributed by atoms with Crippen LogP contribution < -0.4 is 0 Å². The Morgan fingerprint density at radius 1 is 1.12 bits per heavy atom. The van der Waals surface area contributed by atoms with Crippen LogP contribution in [0.3, 0.4) is 0 Å². The predicted octanol–water partition coefficient (Wildman–Crippen LogP) is 3.95. The molecule has 1 aromatic heterocycles. The third kappa shape index (κ3) is 2.16. The minimum Gasteiger partial charge on any atom is -0.445 e. The van der Waals surface area contributed by atoms with Crippen molar-refractivity contribution in [2.24, 2.45) is 0 Å². The Kier molecular flexibility index (Phi) is 2.58. The fourth-order valence-electron chi connectivity index (χ4n) is 1.71. The molecule has 0 N–H and O–H groups in total. The largest absolute Gasteiger partial charge is 0.445 e. The fraction of sp³-hybridized carbons (Fsp3) is 0.357. The van der Waals surface area contributed by atoms with Crippen LogP contribution in [0.15, 0.2) is 35.1 Å². The summed E-state index contributed by atoms with van der Waals surface area (Å²) in [7, 11) is 0. The van der Waals surface area contributed by atoms with Crippen LogP contribution in [0.4, 0.5) is 0 Å². The maximum Gasteiger partial charge on any atom is 0.225 e. The van der Waals surface area contributed by atoms with Crippen molar-refractivity contribution in [2.45, 2.75) is 33.1 Å². The Hall–Kier alpha value is -1.57. The summed E-state index contributed by atoms with van der Waals surface area (Å²) >= 11 is 0. The first kappa shape index (κ1) is 10.9. The summed E-state index contributed by atoms with van der Waals surface area (Å²) < 4.78 is 5.33. The molecule has 0 aliphatic heterocycles. The molecule has 0 fully saturated rings. The topological polar surface area (TPSA) is 26.0 Å². The van der Waals surface area contributed by atoms with E-state index in [2.05, 4.69) is 50.9 Å². The van der Waals surface area contributed by atoms with Crippen LogP contribution in [-0.2, 0) is 5.41 Å². The molecule has 1 aromatic carbocycles. The van der Waals surface area contributed by atoms with Gasteiger partial charge in [0.25, 0.3) is 0 Å². The molecule has 2 heteroatoms. The van der Waals surface area contributed by atoms with Gasteiger partial charge in [0.1, 0.15) is 6.26 Å². The van der Waals surface area contributed by atoms with Gasteiger partial charge >= 0.3 is 0 Å². The van der Waals surface area contributed by atoms with Crippen LogP contribution in [0, 0.1) is 6.92 Å². The van der Waals surface area contributed by atoms with Crippen LogP contribution in [-0.4, -0.2) is 4.98 Å². The number of hydrogen-bond donors (Lipinski definition) is 0. The lowest BCUT2D eigenvalue weighted by Crippen LogP contribution is -2.11. The maximum absolute atomic E-state index is 5.33. The minimum atomic E-state index is 0.146. The SMILES string of the molecule is Cc1cc(-c2ncco2)cc(C(C)(C)C)c1. The number of aryl methyl sites for hydroxylation is 1. The Morgan fingerprint density at radius 3 is 2.44 bits per heavy atom. The van der Waals surface area contributed by atoms with Crippen molar-refractivity contribution in [2.75, 3.05) is 0 Å². The molecule has 84 valence electrons. The Morgan fingerprint density at radius 2 is 1.88 bits per heavy atom. The van der Waals surface area contributed by atoms with Gasteiger partial charge in [-0.05, 0) is 30.0 Å². The summed E-state index contributed by atoms with van der Waals surface area (Å²) in [5.74, 6) is 0.689. The monoisotopic (exact) mass is 215 g/mol. The van der Waals surface area contributed by atoms with Gasteiger partial charge in [0.15, 0.2) is 0 Å². The molecular formula is C14H17NO. The van der Waals surface area contributed by atoms with Gasteiger partial charge in [-0.3, -0.25) is 0 Å². The highest BCUT2D eigenvalue weighted by Gasteiger charge is 2.15. The zero-order valence-corrected chi connectivity index (χ0v) is 10.2. The van der Waals surface area contributed by atoms with E-state index in [1.807, 2.05) is 0 Å². The second kappa shape index (κ2) is 3.78. The van der Waals surface area contributed by atoms with E-state index in [-0.39, 0.29) is 5.41 Å². The van der Waals surface area contributed by atoms with E-state index in [4.69, 9.17) is 4.42 Å².